The fraction of sp³-hybridized carbons (Fsp3) is 0.364. The topological polar surface area (TPSA) is 137 Å². The van der Waals surface area contributed by atoms with Gasteiger partial charge in [0.2, 0.25) is 5.91 Å². The molecule has 0 aliphatic heterocycles. The maximum Gasteiger partial charge on any atom is 0.338 e. The third-order valence-electron chi connectivity index (χ3n) is 6.91. The van der Waals surface area contributed by atoms with Crippen LogP contribution in [-0.4, -0.2) is 61.6 Å². The standard InChI is InChI=1S/C33H40ClFN4O5/c1-4-9-39(10-5-2)32(41)24-15-23(31(37)40)16-25(17-24)33(42)44-30(20-38-19-21-7-6-8-28(13-21)43-3)29(36)14-22-11-26(34)18-27(35)12-22/h6-8,11-13,15-18,29-30,38H,4-5,9-10,14,19-20,36H2,1-3H3,(H2,37,40)/t29-,30+/m0/s1. The highest BCUT2D eigenvalue weighted by molar-refractivity contribution is 6.30. The molecule has 0 saturated carbocycles. The summed E-state index contributed by atoms with van der Waals surface area (Å²) in [5.74, 6) is -1.71. The number of nitrogens with two attached hydrogens (primary N) is 2. The van der Waals surface area contributed by atoms with E-state index in [0.717, 1.165) is 18.4 Å². The third kappa shape index (κ3) is 10.0. The zero-order valence-electron chi connectivity index (χ0n) is 25.3. The minimum Gasteiger partial charge on any atom is -0.497 e. The average molecular weight is 627 g/mol. The Morgan fingerprint density at radius 3 is 2.27 bits per heavy atom. The number of nitrogens with zero attached hydrogens (tertiary/aromatic N) is 1. The maximum atomic E-state index is 14.0. The summed E-state index contributed by atoms with van der Waals surface area (Å²) in [5, 5.41) is 3.47. The largest absolute Gasteiger partial charge is 0.497 e. The molecule has 3 aromatic rings. The zero-order valence-corrected chi connectivity index (χ0v) is 26.0. The highest BCUT2D eigenvalue weighted by Gasteiger charge is 2.26. The molecule has 0 heterocycles. The number of halogens is 2. The van der Waals surface area contributed by atoms with E-state index in [0.29, 0.717) is 30.9 Å². The maximum absolute atomic E-state index is 14.0. The van der Waals surface area contributed by atoms with Crippen LogP contribution in [0.2, 0.25) is 5.02 Å². The number of hydrogen-bond donors (Lipinski definition) is 3. The molecule has 0 aliphatic carbocycles. The smallest absolute Gasteiger partial charge is 0.338 e. The van der Waals surface area contributed by atoms with Gasteiger partial charge in [0.25, 0.3) is 5.91 Å². The van der Waals surface area contributed by atoms with Crippen LogP contribution in [0.4, 0.5) is 4.39 Å². The molecule has 236 valence electrons. The number of carbonyl (C=O) groups is 3. The predicted octanol–water partition coefficient (Wildman–Crippen LogP) is 4.73. The van der Waals surface area contributed by atoms with Crippen molar-refractivity contribution in [2.24, 2.45) is 11.5 Å². The Morgan fingerprint density at radius 2 is 1.64 bits per heavy atom. The molecule has 3 aromatic carbocycles. The van der Waals surface area contributed by atoms with E-state index in [9.17, 15) is 18.8 Å². The van der Waals surface area contributed by atoms with Crippen molar-refractivity contribution in [2.75, 3.05) is 26.7 Å². The van der Waals surface area contributed by atoms with Crippen molar-refractivity contribution in [1.82, 2.24) is 10.2 Å². The van der Waals surface area contributed by atoms with Crippen LogP contribution in [0.25, 0.3) is 0 Å². The van der Waals surface area contributed by atoms with E-state index in [1.165, 1.54) is 30.3 Å². The molecular weight excluding hydrogens is 587 g/mol. The predicted molar refractivity (Wildman–Crippen MR) is 168 cm³/mol. The second-order valence-corrected chi connectivity index (χ2v) is 11.0. The third-order valence-corrected chi connectivity index (χ3v) is 7.13. The second kappa shape index (κ2) is 16.7. The van der Waals surface area contributed by atoms with E-state index >= 15 is 0 Å². The summed E-state index contributed by atoms with van der Waals surface area (Å²) in [6.07, 6.45) is 0.761. The van der Waals surface area contributed by atoms with Crippen molar-refractivity contribution in [3.63, 3.8) is 0 Å². The monoisotopic (exact) mass is 626 g/mol. The lowest BCUT2D eigenvalue weighted by Gasteiger charge is -2.25. The van der Waals surface area contributed by atoms with Gasteiger partial charge in [-0.25, -0.2) is 9.18 Å². The number of amides is 2. The van der Waals surface area contributed by atoms with Crippen LogP contribution in [0.5, 0.6) is 5.75 Å². The molecule has 5 N–H and O–H groups in total. The molecule has 2 atom stereocenters. The lowest BCUT2D eigenvalue weighted by molar-refractivity contribution is 0.0238. The highest BCUT2D eigenvalue weighted by atomic mass is 35.5. The summed E-state index contributed by atoms with van der Waals surface area (Å²) in [5.41, 5.74) is 13.7. The van der Waals surface area contributed by atoms with Gasteiger partial charge < -0.3 is 31.2 Å². The Labute approximate surface area is 262 Å². The van der Waals surface area contributed by atoms with Gasteiger partial charge in [0.05, 0.1) is 12.7 Å². The molecule has 0 unspecified atom stereocenters. The van der Waals surface area contributed by atoms with E-state index in [-0.39, 0.29) is 40.6 Å². The number of methoxy groups -OCH3 is 1. The normalized spacial score (nSPS) is 12.3. The Hall–Kier alpha value is -3.99. The first-order chi connectivity index (χ1) is 21.0. The summed E-state index contributed by atoms with van der Waals surface area (Å²) in [7, 11) is 1.58. The van der Waals surface area contributed by atoms with Crippen LogP contribution in [0, 0.1) is 5.82 Å². The van der Waals surface area contributed by atoms with Crippen molar-refractivity contribution in [2.45, 2.75) is 51.8 Å². The fourth-order valence-corrected chi connectivity index (χ4v) is 5.05. The van der Waals surface area contributed by atoms with Gasteiger partial charge in [0.1, 0.15) is 17.7 Å². The first-order valence-corrected chi connectivity index (χ1v) is 14.9. The molecule has 0 radical (unpaired) electrons. The Bertz CT molecular complexity index is 1430. The van der Waals surface area contributed by atoms with Crippen molar-refractivity contribution >= 4 is 29.4 Å². The number of carbonyl (C=O) groups excluding carboxylic acids is 3. The van der Waals surface area contributed by atoms with Crippen molar-refractivity contribution in [3.8, 4) is 5.75 Å². The SMILES string of the molecule is CCCN(CCC)C(=O)c1cc(C(N)=O)cc(C(=O)O[C@H](CNCc2cccc(OC)c2)[C@@H](N)Cc2cc(F)cc(Cl)c2)c1. The first kappa shape index (κ1) is 34.5. The first-order valence-electron chi connectivity index (χ1n) is 14.5. The molecule has 0 aromatic heterocycles. The Kier molecular flexibility index (Phi) is 13.1. The number of primary amides is 1. The van der Waals surface area contributed by atoms with Gasteiger partial charge in [-0.15, -0.1) is 0 Å². The summed E-state index contributed by atoms with van der Waals surface area (Å²) in [4.78, 5) is 40.7. The number of ether oxygens (including phenoxy) is 2. The lowest BCUT2D eigenvalue weighted by atomic mass is 10.0. The fourth-order valence-electron chi connectivity index (χ4n) is 4.81. The van der Waals surface area contributed by atoms with Gasteiger partial charge in [0.15, 0.2) is 0 Å². The van der Waals surface area contributed by atoms with Crippen LogP contribution >= 0.6 is 11.6 Å². The number of benzene rings is 3. The number of hydrogen-bond acceptors (Lipinski definition) is 7. The van der Waals surface area contributed by atoms with Crippen LogP contribution < -0.4 is 21.5 Å². The van der Waals surface area contributed by atoms with Gasteiger partial charge in [-0.2, -0.15) is 0 Å². The molecule has 0 aliphatic rings. The average Bonchev–Trinajstić information content (AvgIpc) is 2.99. The van der Waals surface area contributed by atoms with E-state index in [4.69, 9.17) is 32.5 Å². The second-order valence-electron chi connectivity index (χ2n) is 10.5. The lowest BCUT2D eigenvalue weighted by Crippen LogP contribution is -2.46. The molecule has 0 bridgehead atoms. The molecule has 9 nitrogen and oxygen atoms in total. The number of rotatable bonds is 16. The molecule has 3 rings (SSSR count). The Balaban J connectivity index is 1.88. The van der Waals surface area contributed by atoms with E-state index in [1.807, 2.05) is 38.1 Å². The van der Waals surface area contributed by atoms with Crippen molar-refractivity contribution < 1.29 is 28.2 Å². The van der Waals surface area contributed by atoms with E-state index < -0.39 is 29.8 Å². The van der Waals surface area contributed by atoms with E-state index in [1.54, 1.807) is 18.1 Å². The van der Waals surface area contributed by atoms with Crippen LogP contribution in [0.3, 0.4) is 0 Å². The summed E-state index contributed by atoms with van der Waals surface area (Å²) in [6.45, 7) is 5.53. The summed E-state index contributed by atoms with van der Waals surface area (Å²) < 4.78 is 25.2. The summed E-state index contributed by atoms with van der Waals surface area (Å²) in [6, 6.07) is 14.9. The van der Waals surface area contributed by atoms with Gasteiger partial charge >= 0.3 is 5.97 Å². The molecule has 0 saturated heterocycles. The van der Waals surface area contributed by atoms with E-state index in [2.05, 4.69) is 5.32 Å². The van der Waals surface area contributed by atoms with Gasteiger partial charge in [0, 0.05) is 48.4 Å². The highest BCUT2D eigenvalue weighted by Crippen LogP contribution is 2.19. The van der Waals surface area contributed by atoms with Gasteiger partial charge in [-0.3, -0.25) is 9.59 Å². The quantitative estimate of drug-likeness (QED) is 0.195. The molecule has 2 amide bonds. The van der Waals surface area contributed by atoms with Crippen molar-refractivity contribution in [1.29, 1.82) is 0 Å². The number of nitrogens with one attached hydrogen (secondary N) is 1. The molecule has 11 heteroatoms. The van der Waals surface area contributed by atoms with Gasteiger partial charge in [-0.05, 0) is 78.9 Å². The van der Waals surface area contributed by atoms with Crippen LogP contribution in [-0.2, 0) is 17.7 Å². The zero-order chi connectivity index (χ0) is 32.2. The molecule has 0 fully saturated rings. The van der Waals surface area contributed by atoms with Crippen LogP contribution in [0.1, 0.15) is 68.9 Å². The van der Waals surface area contributed by atoms with Crippen LogP contribution in [0.15, 0.2) is 60.7 Å². The number of esters is 1. The molecular formula is C33H40ClFN4O5. The minimum atomic E-state index is -0.886. The van der Waals surface area contributed by atoms with Crippen molar-refractivity contribution in [3.05, 3.63) is 99.3 Å². The Morgan fingerprint density at radius 1 is 0.955 bits per heavy atom. The molecule has 0 spiro atoms. The summed E-state index contributed by atoms with van der Waals surface area (Å²) >= 11 is 6.04. The van der Waals surface area contributed by atoms with Gasteiger partial charge in [-0.1, -0.05) is 37.6 Å². The minimum absolute atomic E-state index is 0.00199. The molecule has 44 heavy (non-hydrogen) atoms.